The van der Waals surface area contributed by atoms with Crippen LogP contribution in [0.15, 0.2) is 42.7 Å². The molecule has 2 aromatic heterocycles. The standard InChI is InChI=1S/C21H20FN3O2/c1-11-5-6-23-20(12(2)26)19(11)14-4-3-13-8-18(24-10-15(13)7-14)25-21(27)16-9-17(16)22/h3-8,10,12,16-17,26H,9H2,1-2H3,(H,24,25,27)/t12-,16?,17?/m0/s1. The minimum absolute atomic E-state index is 0.291. The Balaban J connectivity index is 1.68. The summed E-state index contributed by atoms with van der Waals surface area (Å²) in [6, 6.07) is 9.58. The average molecular weight is 365 g/mol. The Kier molecular flexibility index (Phi) is 4.36. The predicted octanol–water partition coefficient (Wildman–Crippen LogP) is 3.96. The molecule has 0 saturated heterocycles. The number of aliphatic hydroxyl groups excluding tert-OH is 1. The summed E-state index contributed by atoms with van der Waals surface area (Å²) < 4.78 is 13.0. The van der Waals surface area contributed by atoms with Crippen molar-refractivity contribution in [1.29, 1.82) is 0 Å². The average Bonchev–Trinajstić information content (AvgIpc) is 3.38. The molecule has 138 valence electrons. The molecule has 27 heavy (non-hydrogen) atoms. The van der Waals surface area contributed by atoms with Gasteiger partial charge in [-0.05, 0) is 55.0 Å². The van der Waals surface area contributed by atoms with Crippen molar-refractivity contribution in [3.63, 3.8) is 0 Å². The van der Waals surface area contributed by atoms with Crippen LogP contribution in [0.4, 0.5) is 10.2 Å². The SMILES string of the molecule is Cc1ccnc([C@H](C)O)c1-c1ccc2cc(NC(=O)C3CC3F)ncc2c1. The van der Waals surface area contributed by atoms with Gasteiger partial charge in [-0.15, -0.1) is 0 Å². The van der Waals surface area contributed by atoms with E-state index >= 15 is 0 Å². The zero-order chi connectivity index (χ0) is 19.1. The first-order valence-corrected chi connectivity index (χ1v) is 8.92. The van der Waals surface area contributed by atoms with Gasteiger partial charge in [0.05, 0.1) is 17.7 Å². The molecule has 1 amide bonds. The monoisotopic (exact) mass is 365 g/mol. The van der Waals surface area contributed by atoms with Gasteiger partial charge in [0, 0.05) is 23.3 Å². The summed E-state index contributed by atoms with van der Waals surface area (Å²) in [6.45, 7) is 3.69. The maximum absolute atomic E-state index is 13.0. The third-order valence-corrected chi connectivity index (χ3v) is 4.90. The van der Waals surface area contributed by atoms with Gasteiger partial charge in [0.25, 0.3) is 0 Å². The summed E-state index contributed by atoms with van der Waals surface area (Å²) in [5, 5.41) is 14.5. The maximum Gasteiger partial charge on any atom is 0.231 e. The van der Waals surface area contributed by atoms with Crippen LogP contribution in [-0.4, -0.2) is 27.2 Å². The van der Waals surface area contributed by atoms with Crippen LogP contribution in [0.2, 0.25) is 0 Å². The third-order valence-electron chi connectivity index (χ3n) is 4.90. The molecule has 1 fully saturated rings. The molecule has 0 bridgehead atoms. The quantitative estimate of drug-likeness (QED) is 0.734. The Hall–Kier alpha value is -2.86. The summed E-state index contributed by atoms with van der Waals surface area (Å²) in [7, 11) is 0. The molecule has 6 heteroatoms. The van der Waals surface area contributed by atoms with E-state index in [1.807, 2.05) is 31.2 Å². The molecular formula is C21H20FN3O2. The van der Waals surface area contributed by atoms with Crippen LogP contribution in [-0.2, 0) is 4.79 Å². The molecule has 1 aliphatic carbocycles. The van der Waals surface area contributed by atoms with Crippen molar-refractivity contribution >= 4 is 22.5 Å². The molecule has 2 N–H and O–H groups in total. The number of aryl methyl sites for hydroxylation is 1. The number of fused-ring (bicyclic) bond motifs is 1. The number of aromatic nitrogens is 2. The number of rotatable bonds is 4. The number of nitrogens with one attached hydrogen (secondary N) is 1. The minimum atomic E-state index is -1.03. The van der Waals surface area contributed by atoms with Crippen LogP contribution in [0.3, 0.4) is 0 Å². The zero-order valence-electron chi connectivity index (χ0n) is 15.1. The highest BCUT2D eigenvalue weighted by atomic mass is 19.1. The summed E-state index contributed by atoms with van der Waals surface area (Å²) in [5.74, 6) is -0.447. The van der Waals surface area contributed by atoms with Gasteiger partial charge in [-0.2, -0.15) is 0 Å². The Morgan fingerprint density at radius 2 is 2.04 bits per heavy atom. The largest absolute Gasteiger partial charge is 0.387 e. The fourth-order valence-corrected chi connectivity index (χ4v) is 3.29. The molecule has 0 spiro atoms. The number of pyridine rings is 2. The van der Waals surface area contributed by atoms with Crippen molar-refractivity contribution in [3.8, 4) is 11.1 Å². The van der Waals surface area contributed by atoms with Crippen LogP contribution in [0, 0.1) is 12.8 Å². The van der Waals surface area contributed by atoms with Crippen molar-refractivity contribution < 1.29 is 14.3 Å². The van der Waals surface area contributed by atoms with Crippen molar-refractivity contribution in [2.75, 3.05) is 5.32 Å². The minimum Gasteiger partial charge on any atom is -0.387 e. The number of amides is 1. The van der Waals surface area contributed by atoms with Gasteiger partial charge in [-0.3, -0.25) is 9.78 Å². The normalized spacial score (nSPS) is 19.7. The van der Waals surface area contributed by atoms with E-state index in [4.69, 9.17) is 0 Å². The van der Waals surface area contributed by atoms with Crippen molar-refractivity contribution in [1.82, 2.24) is 9.97 Å². The molecular weight excluding hydrogens is 345 g/mol. The van der Waals surface area contributed by atoms with E-state index in [1.165, 1.54) is 0 Å². The second-order valence-electron chi connectivity index (χ2n) is 7.04. The van der Waals surface area contributed by atoms with E-state index < -0.39 is 18.2 Å². The molecule has 2 heterocycles. The topological polar surface area (TPSA) is 75.1 Å². The predicted molar refractivity (Wildman–Crippen MR) is 102 cm³/mol. The molecule has 2 unspecified atom stereocenters. The molecule has 5 nitrogen and oxygen atoms in total. The number of benzene rings is 1. The van der Waals surface area contributed by atoms with Gasteiger partial charge in [-0.1, -0.05) is 12.1 Å². The fourth-order valence-electron chi connectivity index (χ4n) is 3.29. The van der Waals surface area contributed by atoms with E-state index in [1.54, 1.807) is 25.4 Å². The summed E-state index contributed by atoms with van der Waals surface area (Å²) in [6.07, 6.45) is 1.97. The lowest BCUT2D eigenvalue weighted by Gasteiger charge is -2.14. The van der Waals surface area contributed by atoms with Gasteiger partial charge in [-0.25, -0.2) is 9.37 Å². The molecule has 3 atom stereocenters. The van der Waals surface area contributed by atoms with E-state index in [9.17, 15) is 14.3 Å². The fraction of sp³-hybridized carbons (Fsp3) is 0.286. The van der Waals surface area contributed by atoms with Crippen LogP contribution in [0.1, 0.15) is 30.7 Å². The highest BCUT2D eigenvalue weighted by Crippen LogP contribution is 2.35. The Labute approximate surface area is 156 Å². The molecule has 1 aliphatic rings. The van der Waals surface area contributed by atoms with Crippen LogP contribution < -0.4 is 5.32 Å². The molecule has 0 radical (unpaired) electrons. The van der Waals surface area contributed by atoms with Gasteiger partial charge in [0.15, 0.2) is 0 Å². The van der Waals surface area contributed by atoms with Crippen molar-refractivity contribution in [2.45, 2.75) is 32.5 Å². The van der Waals surface area contributed by atoms with E-state index in [0.717, 1.165) is 27.5 Å². The van der Waals surface area contributed by atoms with Gasteiger partial charge in [0.2, 0.25) is 5.91 Å². The Morgan fingerprint density at radius 3 is 2.74 bits per heavy atom. The second-order valence-corrected chi connectivity index (χ2v) is 7.04. The number of hydrogen-bond donors (Lipinski definition) is 2. The first-order valence-electron chi connectivity index (χ1n) is 8.92. The van der Waals surface area contributed by atoms with Gasteiger partial charge in [0.1, 0.15) is 12.0 Å². The van der Waals surface area contributed by atoms with E-state index in [-0.39, 0.29) is 5.91 Å². The molecule has 0 aliphatic heterocycles. The first-order chi connectivity index (χ1) is 12.9. The van der Waals surface area contributed by atoms with Crippen LogP contribution >= 0.6 is 0 Å². The summed E-state index contributed by atoms with van der Waals surface area (Å²) >= 11 is 0. The lowest BCUT2D eigenvalue weighted by molar-refractivity contribution is -0.117. The highest BCUT2D eigenvalue weighted by molar-refractivity contribution is 5.96. The number of aliphatic hydroxyl groups is 1. The van der Waals surface area contributed by atoms with E-state index in [0.29, 0.717) is 17.9 Å². The number of hydrogen-bond acceptors (Lipinski definition) is 4. The maximum atomic E-state index is 13.0. The highest BCUT2D eigenvalue weighted by Gasteiger charge is 2.43. The van der Waals surface area contributed by atoms with Crippen molar-refractivity contribution in [3.05, 3.63) is 54.0 Å². The second kappa shape index (κ2) is 6.70. The van der Waals surface area contributed by atoms with Crippen LogP contribution in [0.25, 0.3) is 21.9 Å². The molecule has 3 aromatic rings. The summed E-state index contributed by atoms with van der Waals surface area (Å²) in [4.78, 5) is 20.5. The molecule has 1 aromatic carbocycles. The smallest absolute Gasteiger partial charge is 0.231 e. The Bertz CT molecular complexity index is 1040. The number of carbonyl (C=O) groups is 1. The van der Waals surface area contributed by atoms with E-state index in [2.05, 4.69) is 15.3 Å². The lowest BCUT2D eigenvalue weighted by Crippen LogP contribution is -2.15. The lowest BCUT2D eigenvalue weighted by atomic mass is 9.95. The van der Waals surface area contributed by atoms with Gasteiger partial charge < -0.3 is 10.4 Å². The van der Waals surface area contributed by atoms with Gasteiger partial charge >= 0.3 is 0 Å². The zero-order valence-corrected chi connectivity index (χ0v) is 15.1. The molecule has 4 rings (SSSR count). The number of halogens is 1. The third kappa shape index (κ3) is 3.40. The summed E-state index contributed by atoms with van der Waals surface area (Å²) in [5.41, 5.74) is 3.52. The molecule has 1 saturated carbocycles. The first kappa shape index (κ1) is 17.5. The van der Waals surface area contributed by atoms with Crippen molar-refractivity contribution in [2.24, 2.45) is 5.92 Å². The number of nitrogens with zero attached hydrogens (tertiary/aromatic N) is 2. The number of alkyl halides is 1. The number of carbonyl (C=O) groups excluding carboxylic acids is 1. The Morgan fingerprint density at radius 1 is 1.26 bits per heavy atom. The van der Waals surface area contributed by atoms with Crippen LogP contribution in [0.5, 0.6) is 0 Å². The number of anilines is 1.